The van der Waals surface area contributed by atoms with Crippen molar-refractivity contribution in [3.8, 4) is 5.69 Å². The number of rotatable bonds is 7. The van der Waals surface area contributed by atoms with Gasteiger partial charge in [0.05, 0.1) is 22.6 Å². The molecule has 34 heavy (non-hydrogen) atoms. The van der Waals surface area contributed by atoms with Crippen molar-refractivity contribution in [1.29, 1.82) is 0 Å². The number of unbranched alkanes of at least 4 members (excludes halogenated alkanes) is 1. The summed E-state index contributed by atoms with van der Waals surface area (Å²) < 4.78 is 3.47. The Kier molecular flexibility index (Phi) is 7.63. The Bertz CT molecular complexity index is 1370. The number of amides is 1. The van der Waals surface area contributed by atoms with Crippen LogP contribution in [-0.4, -0.2) is 26.9 Å². The Balaban J connectivity index is 1.88. The van der Waals surface area contributed by atoms with Crippen LogP contribution in [0.3, 0.4) is 0 Å². The number of aromatic nitrogens is 2. The fourth-order valence-electron chi connectivity index (χ4n) is 3.97. The van der Waals surface area contributed by atoms with Crippen LogP contribution in [0.1, 0.15) is 48.9 Å². The summed E-state index contributed by atoms with van der Waals surface area (Å²) in [5.41, 5.74) is 1.78. The fraction of sp³-hybridized carbons (Fsp3) is 0.222. The number of carbonyl (C=O) groups is 1. The number of nitrogens with zero attached hydrogens (tertiary/aromatic N) is 3. The molecule has 0 N–H and O–H groups in total. The van der Waals surface area contributed by atoms with Crippen LogP contribution in [0.5, 0.6) is 0 Å². The number of hydrogen-bond acceptors (Lipinski definition) is 3. The predicted octanol–water partition coefficient (Wildman–Crippen LogP) is 6.91. The molecule has 0 saturated carbocycles. The molecule has 1 amide bonds. The van der Waals surface area contributed by atoms with Crippen LogP contribution >= 0.6 is 31.9 Å². The molecule has 4 rings (SSSR count). The molecule has 1 atom stereocenters. The molecular weight excluding hydrogens is 558 g/mol. The molecule has 1 unspecified atom stereocenters. The molecule has 5 nitrogen and oxygen atoms in total. The van der Waals surface area contributed by atoms with Gasteiger partial charge in [-0.2, -0.15) is 0 Å². The van der Waals surface area contributed by atoms with Crippen molar-refractivity contribution in [1.82, 2.24) is 14.5 Å². The Hall–Kier alpha value is -2.77. The van der Waals surface area contributed by atoms with Crippen molar-refractivity contribution in [2.45, 2.75) is 32.7 Å². The molecule has 1 heterocycles. The highest BCUT2D eigenvalue weighted by atomic mass is 79.9. The van der Waals surface area contributed by atoms with Crippen LogP contribution in [-0.2, 0) is 0 Å². The molecule has 0 radical (unpaired) electrons. The second-order valence-electron chi connectivity index (χ2n) is 8.14. The van der Waals surface area contributed by atoms with Gasteiger partial charge in [-0.15, -0.1) is 0 Å². The van der Waals surface area contributed by atoms with Gasteiger partial charge in [-0.3, -0.25) is 14.2 Å². The number of halogens is 2. The van der Waals surface area contributed by atoms with E-state index in [-0.39, 0.29) is 11.5 Å². The molecule has 0 aliphatic heterocycles. The van der Waals surface area contributed by atoms with Crippen LogP contribution in [0.2, 0.25) is 0 Å². The zero-order valence-electron chi connectivity index (χ0n) is 19.0. The molecule has 7 heteroatoms. The lowest BCUT2D eigenvalue weighted by molar-refractivity contribution is 0.0678. The second-order valence-corrected chi connectivity index (χ2v) is 9.97. The highest BCUT2D eigenvalue weighted by Crippen LogP contribution is 2.26. The normalized spacial score (nSPS) is 12.0. The quantitative estimate of drug-likeness (QED) is 0.238. The van der Waals surface area contributed by atoms with Crippen molar-refractivity contribution < 1.29 is 4.79 Å². The number of hydrogen-bond donors (Lipinski definition) is 0. The van der Waals surface area contributed by atoms with Crippen LogP contribution < -0.4 is 5.56 Å². The van der Waals surface area contributed by atoms with Gasteiger partial charge in [0.1, 0.15) is 5.82 Å². The summed E-state index contributed by atoms with van der Waals surface area (Å²) in [6, 6.07) is 21.8. The van der Waals surface area contributed by atoms with E-state index in [1.807, 2.05) is 78.6 Å². The molecule has 0 aliphatic carbocycles. The maximum absolute atomic E-state index is 13.7. The molecule has 0 bridgehead atoms. The molecule has 0 saturated heterocycles. The third kappa shape index (κ3) is 5.00. The minimum absolute atomic E-state index is 0.0850. The van der Waals surface area contributed by atoms with Gasteiger partial charge >= 0.3 is 0 Å². The summed E-state index contributed by atoms with van der Waals surface area (Å²) in [5, 5.41) is 0.542. The number of benzene rings is 3. The highest BCUT2D eigenvalue weighted by Gasteiger charge is 2.27. The van der Waals surface area contributed by atoms with Gasteiger partial charge in [0.15, 0.2) is 0 Å². The van der Waals surface area contributed by atoms with Crippen molar-refractivity contribution >= 4 is 48.7 Å². The van der Waals surface area contributed by atoms with Crippen LogP contribution in [0, 0.1) is 0 Å². The van der Waals surface area contributed by atoms with E-state index in [1.165, 1.54) is 0 Å². The van der Waals surface area contributed by atoms with Crippen molar-refractivity contribution in [3.63, 3.8) is 0 Å². The first-order valence-corrected chi connectivity index (χ1v) is 12.8. The van der Waals surface area contributed by atoms with E-state index in [0.29, 0.717) is 34.5 Å². The molecule has 174 valence electrons. The van der Waals surface area contributed by atoms with E-state index in [0.717, 1.165) is 21.8 Å². The minimum atomic E-state index is -0.427. The van der Waals surface area contributed by atoms with Gasteiger partial charge in [-0.25, -0.2) is 4.98 Å². The zero-order valence-corrected chi connectivity index (χ0v) is 22.2. The maximum atomic E-state index is 13.7. The van der Waals surface area contributed by atoms with Crippen molar-refractivity contribution in [3.05, 3.63) is 103 Å². The highest BCUT2D eigenvalue weighted by molar-refractivity contribution is 9.10. The molecule has 0 aliphatic rings. The lowest BCUT2D eigenvalue weighted by atomic mass is 10.1. The Morgan fingerprint density at radius 1 is 0.971 bits per heavy atom. The maximum Gasteiger partial charge on any atom is 0.266 e. The third-order valence-corrected chi connectivity index (χ3v) is 6.89. The van der Waals surface area contributed by atoms with E-state index in [2.05, 4.69) is 38.8 Å². The smallest absolute Gasteiger partial charge is 0.266 e. The van der Waals surface area contributed by atoms with Gasteiger partial charge in [-0.05, 0) is 74.0 Å². The lowest BCUT2D eigenvalue weighted by Gasteiger charge is -2.30. The Labute approximate surface area is 215 Å². The van der Waals surface area contributed by atoms with E-state index in [4.69, 9.17) is 4.98 Å². The molecule has 1 aromatic heterocycles. The monoisotopic (exact) mass is 581 g/mol. The molecule has 0 spiro atoms. The molecule has 0 fully saturated rings. The van der Waals surface area contributed by atoms with Gasteiger partial charge in [0.25, 0.3) is 11.5 Å². The minimum Gasteiger partial charge on any atom is -0.329 e. The Morgan fingerprint density at radius 3 is 2.24 bits per heavy atom. The number of carbonyl (C=O) groups excluding carboxylic acids is 1. The zero-order chi connectivity index (χ0) is 24.2. The summed E-state index contributed by atoms with van der Waals surface area (Å²) >= 11 is 6.90. The Morgan fingerprint density at radius 2 is 1.59 bits per heavy atom. The third-order valence-electron chi connectivity index (χ3n) is 5.83. The van der Waals surface area contributed by atoms with Crippen LogP contribution in [0.25, 0.3) is 16.6 Å². The summed E-state index contributed by atoms with van der Waals surface area (Å²) in [4.78, 5) is 34.0. The van der Waals surface area contributed by atoms with Gasteiger partial charge in [-0.1, -0.05) is 57.3 Å². The first kappa shape index (κ1) is 24.4. The number of para-hydroxylation sites is 1. The van der Waals surface area contributed by atoms with E-state index < -0.39 is 6.04 Å². The van der Waals surface area contributed by atoms with Crippen LogP contribution in [0.4, 0.5) is 0 Å². The standard InChI is InChI=1S/C27H25Br2N3O2/c1-3-4-17-31(26(33)19-9-11-20(28)12-10-19)18(2)25-30-24-8-6-5-7-23(24)27(34)32(25)22-15-13-21(29)14-16-22/h5-16,18H,3-4,17H2,1-2H3. The SMILES string of the molecule is CCCCN(C(=O)c1ccc(Br)cc1)C(C)c1nc2ccccc2c(=O)n1-c1ccc(Br)cc1. The average Bonchev–Trinajstić information content (AvgIpc) is 2.85. The van der Waals surface area contributed by atoms with Crippen molar-refractivity contribution in [2.24, 2.45) is 0 Å². The first-order chi connectivity index (χ1) is 16.4. The fourth-order valence-corrected chi connectivity index (χ4v) is 4.50. The van der Waals surface area contributed by atoms with Crippen LogP contribution in [0.15, 0.2) is 86.5 Å². The number of fused-ring (bicyclic) bond motifs is 1. The molecular formula is C27H25Br2N3O2. The lowest BCUT2D eigenvalue weighted by Crippen LogP contribution is -2.38. The largest absolute Gasteiger partial charge is 0.329 e. The predicted molar refractivity (Wildman–Crippen MR) is 144 cm³/mol. The average molecular weight is 583 g/mol. The second kappa shape index (κ2) is 10.7. The van der Waals surface area contributed by atoms with Gasteiger partial charge < -0.3 is 4.90 Å². The van der Waals surface area contributed by atoms with E-state index in [1.54, 1.807) is 10.6 Å². The molecule has 3 aromatic carbocycles. The van der Waals surface area contributed by atoms with E-state index >= 15 is 0 Å². The summed E-state index contributed by atoms with van der Waals surface area (Å²) in [5.74, 6) is 0.450. The summed E-state index contributed by atoms with van der Waals surface area (Å²) in [6.45, 7) is 4.60. The summed E-state index contributed by atoms with van der Waals surface area (Å²) in [6.07, 6.45) is 1.80. The van der Waals surface area contributed by atoms with Crippen molar-refractivity contribution in [2.75, 3.05) is 6.54 Å². The van der Waals surface area contributed by atoms with Gasteiger partial charge in [0, 0.05) is 21.1 Å². The molecule has 4 aromatic rings. The summed E-state index contributed by atoms with van der Waals surface area (Å²) in [7, 11) is 0. The van der Waals surface area contributed by atoms with Gasteiger partial charge in [0.2, 0.25) is 0 Å². The topological polar surface area (TPSA) is 55.2 Å². The first-order valence-electron chi connectivity index (χ1n) is 11.2. The van der Waals surface area contributed by atoms with E-state index in [9.17, 15) is 9.59 Å².